The van der Waals surface area contributed by atoms with Gasteiger partial charge in [-0.05, 0) is 47.0 Å². The maximum Gasteiger partial charge on any atom is 0.0632 e. The Morgan fingerprint density at radius 2 is 2.11 bits per heavy atom. The third kappa shape index (κ3) is 4.36. The lowest BCUT2D eigenvalue weighted by atomic mass is 10.1. The molecule has 1 atom stereocenters. The van der Waals surface area contributed by atoms with Crippen LogP contribution < -0.4 is 5.32 Å². The minimum absolute atomic E-state index is 0.192. The van der Waals surface area contributed by atoms with Gasteiger partial charge in [0.05, 0.1) is 17.2 Å². The minimum atomic E-state index is 0.192. The topological polar surface area (TPSA) is 50.1 Å². The lowest BCUT2D eigenvalue weighted by Gasteiger charge is -2.15. The molecule has 0 aliphatic carbocycles. The number of aromatic nitrogens is 2. The Morgan fingerprint density at radius 3 is 2.68 bits per heavy atom. The highest BCUT2D eigenvalue weighted by Gasteiger charge is 2.04. The highest BCUT2D eigenvalue weighted by molar-refractivity contribution is 9.10. The van der Waals surface area contributed by atoms with Crippen LogP contribution in [0.1, 0.15) is 12.5 Å². The van der Waals surface area contributed by atoms with E-state index in [9.17, 15) is 0 Å². The summed E-state index contributed by atoms with van der Waals surface area (Å²) in [6.07, 6.45) is 4.45. The Morgan fingerprint density at radius 1 is 1.37 bits per heavy atom. The number of anilines is 1. The molecule has 2 aromatic rings. The van der Waals surface area contributed by atoms with E-state index in [1.807, 2.05) is 35.1 Å². The van der Waals surface area contributed by atoms with E-state index in [0.29, 0.717) is 6.42 Å². The number of nitrogens with zero attached hydrogens (tertiary/aromatic N) is 2. The van der Waals surface area contributed by atoms with Gasteiger partial charge >= 0.3 is 0 Å². The van der Waals surface area contributed by atoms with E-state index < -0.39 is 0 Å². The molecular formula is C14H18BrN3O. The minimum Gasteiger partial charge on any atom is -0.396 e. The number of halogens is 1. The second-order valence-corrected chi connectivity index (χ2v) is 5.51. The first kappa shape index (κ1) is 14.1. The molecule has 0 amide bonds. The normalized spacial score (nSPS) is 12.4. The van der Waals surface area contributed by atoms with Crippen molar-refractivity contribution >= 4 is 21.6 Å². The summed E-state index contributed by atoms with van der Waals surface area (Å²) in [5, 5.41) is 16.5. The predicted octanol–water partition coefficient (Wildman–Crippen LogP) is 2.68. The third-order valence-electron chi connectivity index (χ3n) is 2.83. The van der Waals surface area contributed by atoms with Gasteiger partial charge in [0.25, 0.3) is 0 Å². The van der Waals surface area contributed by atoms with Crippen LogP contribution in [0.5, 0.6) is 0 Å². The number of rotatable bonds is 6. The number of aliphatic hydroxyl groups is 1. The average molecular weight is 324 g/mol. The van der Waals surface area contributed by atoms with Crippen molar-refractivity contribution in [1.82, 2.24) is 9.78 Å². The first-order valence-electron chi connectivity index (χ1n) is 6.31. The van der Waals surface area contributed by atoms with Crippen molar-refractivity contribution in [2.24, 2.45) is 0 Å². The summed E-state index contributed by atoms with van der Waals surface area (Å²) in [6.45, 7) is 3.12. The predicted molar refractivity (Wildman–Crippen MR) is 80.2 cm³/mol. The van der Waals surface area contributed by atoms with E-state index in [-0.39, 0.29) is 12.6 Å². The molecule has 1 heterocycles. The van der Waals surface area contributed by atoms with Crippen LogP contribution in [-0.4, -0.2) is 27.5 Å². The van der Waals surface area contributed by atoms with Gasteiger partial charge in [-0.2, -0.15) is 5.10 Å². The summed E-state index contributed by atoms with van der Waals surface area (Å²) in [6, 6.07) is 8.45. The fourth-order valence-electron chi connectivity index (χ4n) is 1.95. The van der Waals surface area contributed by atoms with E-state index in [1.165, 1.54) is 0 Å². The molecule has 0 spiro atoms. The number of nitrogens with one attached hydrogen (secondary N) is 1. The third-order valence-corrected chi connectivity index (χ3v) is 3.24. The number of hydrogen-bond donors (Lipinski definition) is 2. The summed E-state index contributed by atoms with van der Waals surface area (Å²) in [5.74, 6) is 0. The molecule has 0 saturated heterocycles. The van der Waals surface area contributed by atoms with Crippen LogP contribution in [0.3, 0.4) is 0 Å². The number of aliphatic hydroxyl groups excluding tert-OH is 1. The molecule has 1 unspecified atom stereocenters. The maximum atomic E-state index is 8.87. The van der Waals surface area contributed by atoms with Crippen LogP contribution in [0.15, 0.2) is 41.1 Å². The van der Waals surface area contributed by atoms with Gasteiger partial charge in [0.1, 0.15) is 0 Å². The Kier molecular flexibility index (Phi) is 4.99. The van der Waals surface area contributed by atoms with Crippen LogP contribution in [0, 0.1) is 0 Å². The van der Waals surface area contributed by atoms with Crippen LogP contribution in [0.25, 0.3) is 0 Å². The van der Waals surface area contributed by atoms with Crippen molar-refractivity contribution in [3.8, 4) is 0 Å². The molecule has 0 aliphatic rings. The van der Waals surface area contributed by atoms with Crippen molar-refractivity contribution in [2.75, 3.05) is 11.9 Å². The van der Waals surface area contributed by atoms with Gasteiger partial charge in [-0.15, -0.1) is 0 Å². The van der Waals surface area contributed by atoms with Crippen molar-refractivity contribution < 1.29 is 5.11 Å². The summed E-state index contributed by atoms with van der Waals surface area (Å²) in [7, 11) is 0. The number of benzene rings is 1. The van der Waals surface area contributed by atoms with E-state index in [2.05, 4.69) is 33.3 Å². The molecule has 102 valence electrons. The first-order valence-corrected chi connectivity index (χ1v) is 7.11. The molecule has 2 rings (SSSR count). The van der Waals surface area contributed by atoms with Gasteiger partial charge in [0.2, 0.25) is 0 Å². The molecule has 0 aliphatic heterocycles. The zero-order valence-corrected chi connectivity index (χ0v) is 12.5. The molecule has 0 fully saturated rings. The summed E-state index contributed by atoms with van der Waals surface area (Å²) in [5.41, 5.74) is 2.23. The van der Waals surface area contributed by atoms with Crippen LogP contribution in [0.2, 0.25) is 0 Å². The first-order chi connectivity index (χ1) is 9.17. The van der Waals surface area contributed by atoms with E-state index >= 15 is 0 Å². The van der Waals surface area contributed by atoms with Gasteiger partial charge < -0.3 is 10.4 Å². The van der Waals surface area contributed by atoms with E-state index in [4.69, 9.17) is 5.11 Å². The summed E-state index contributed by atoms with van der Waals surface area (Å²) in [4.78, 5) is 0. The standard InChI is InChI=1S/C14H18BrN3O/c1-11(9-18-10-13(15)8-16-18)17-14-4-2-12(3-5-14)6-7-19/h2-5,8,10-11,17,19H,6-7,9H2,1H3. The molecular weight excluding hydrogens is 306 g/mol. The van der Waals surface area contributed by atoms with Crippen molar-refractivity contribution in [1.29, 1.82) is 0 Å². The fourth-order valence-corrected chi connectivity index (χ4v) is 2.27. The van der Waals surface area contributed by atoms with E-state index in [1.54, 1.807) is 6.20 Å². The molecule has 2 N–H and O–H groups in total. The van der Waals surface area contributed by atoms with Crippen molar-refractivity contribution in [3.05, 3.63) is 46.7 Å². The van der Waals surface area contributed by atoms with Crippen LogP contribution >= 0.6 is 15.9 Å². The second kappa shape index (κ2) is 6.73. The molecule has 0 saturated carbocycles. The maximum absolute atomic E-state index is 8.87. The van der Waals surface area contributed by atoms with Gasteiger partial charge in [-0.25, -0.2) is 0 Å². The lowest BCUT2D eigenvalue weighted by Crippen LogP contribution is -2.22. The highest BCUT2D eigenvalue weighted by Crippen LogP contribution is 2.12. The average Bonchev–Trinajstić information content (AvgIpc) is 2.77. The SMILES string of the molecule is CC(Cn1cc(Br)cn1)Nc1ccc(CCO)cc1. The Hall–Kier alpha value is -1.33. The van der Waals surface area contributed by atoms with Gasteiger partial charge in [-0.3, -0.25) is 4.68 Å². The highest BCUT2D eigenvalue weighted by atomic mass is 79.9. The smallest absolute Gasteiger partial charge is 0.0632 e. The largest absolute Gasteiger partial charge is 0.396 e. The van der Waals surface area contributed by atoms with E-state index in [0.717, 1.165) is 22.3 Å². The molecule has 4 nitrogen and oxygen atoms in total. The zero-order valence-electron chi connectivity index (χ0n) is 10.9. The molecule has 5 heteroatoms. The summed E-state index contributed by atoms with van der Waals surface area (Å²) < 4.78 is 2.90. The number of hydrogen-bond acceptors (Lipinski definition) is 3. The Balaban J connectivity index is 1.89. The monoisotopic (exact) mass is 323 g/mol. The fraction of sp³-hybridized carbons (Fsp3) is 0.357. The molecule has 19 heavy (non-hydrogen) atoms. The quantitative estimate of drug-likeness (QED) is 0.859. The molecule has 1 aromatic carbocycles. The van der Waals surface area contributed by atoms with Crippen LogP contribution in [-0.2, 0) is 13.0 Å². The van der Waals surface area contributed by atoms with Gasteiger partial charge in [0, 0.05) is 24.5 Å². The molecule has 0 radical (unpaired) electrons. The summed E-state index contributed by atoms with van der Waals surface area (Å²) >= 11 is 3.39. The second-order valence-electron chi connectivity index (χ2n) is 4.60. The van der Waals surface area contributed by atoms with Crippen molar-refractivity contribution in [2.45, 2.75) is 25.9 Å². The molecule has 1 aromatic heterocycles. The van der Waals surface area contributed by atoms with Crippen molar-refractivity contribution in [3.63, 3.8) is 0 Å². The van der Waals surface area contributed by atoms with Gasteiger partial charge in [0.15, 0.2) is 0 Å². The molecule has 0 bridgehead atoms. The Labute approximate surface area is 121 Å². The lowest BCUT2D eigenvalue weighted by molar-refractivity contribution is 0.299. The van der Waals surface area contributed by atoms with Crippen LogP contribution in [0.4, 0.5) is 5.69 Å². The Bertz CT molecular complexity index is 510. The van der Waals surface area contributed by atoms with Gasteiger partial charge in [-0.1, -0.05) is 12.1 Å². The zero-order chi connectivity index (χ0) is 13.7.